The highest BCUT2D eigenvalue weighted by Crippen LogP contribution is 2.35. The second kappa shape index (κ2) is 7.99. The molecular formula is C23H23N5O3S. The quantitative estimate of drug-likeness (QED) is 0.599. The molecule has 0 saturated heterocycles. The van der Waals surface area contributed by atoms with Gasteiger partial charge in [-0.1, -0.05) is 18.2 Å². The van der Waals surface area contributed by atoms with Crippen molar-refractivity contribution < 1.29 is 13.2 Å². The van der Waals surface area contributed by atoms with Crippen LogP contribution in [0.1, 0.15) is 18.4 Å². The summed E-state index contributed by atoms with van der Waals surface area (Å²) in [6, 6.07) is 14.1. The molecule has 1 aliphatic heterocycles. The molecule has 1 amide bonds. The molecule has 1 saturated carbocycles. The summed E-state index contributed by atoms with van der Waals surface area (Å²) >= 11 is 0. The van der Waals surface area contributed by atoms with Gasteiger partial charge in [-0.25, -0.2) is 23.1 Å². The summed E-state index contributed by atoms with van der Waals surface area (Å²) in [7, 11) is -1.75. The van der Waals surface area contributed by atoms with Crippen LogP contribution in [0.5, 0.6) is 0 Å². The maximum atomic E-state index is 12.5. The van der Waals surface area contributed by atoms with Crippen molar-refractivity contribution in [2.45, 2.75) is 24.2 Å². The van der Waals surface area contributed by atoms with Gasteiger partial charge in [-0.05, 0) is 49.1 Å². The number of anilines is 3. The van der Waals surface area contributed by atoms with Gasteiger partial charge in [0.05, 0.1) is 22.7 Å². The Morgan fingerprint density at radius 1 is 1.09 bits per heavy atom. The minimum absolute atomic E-state index is 0.0207. The summed E-state index contributed by atoms with van der Waals surface area (Å²) in [4.78, 5) is 23.4. The van der Waals surface area contributed by atoms with E-state index in [4.69, 9.17) is 0 Å². The molecule has 2 aromatic carbocycles. The van der Waals surface area contributed by atoms with Crippen molar-refractivity contribution >= 4 is 33.3 Å². The third kappa shape index (κ3) is 4.09. The topological polar surface area (TPSA) is 104 Å². The van der Waals surface area contributed by atoms with Crippen molar-refractivity contribution in [1.29, 1.82) is 0 Å². The lowest BCUT2D eigenvalue weighted by Gasteiger charge is -2.16. The number of sulfonamides is 1. The molecule has 1 aliphatic carbocycles. The van der Waals surface area contributed by atoms with E-state index in [1.807, 2.05) is 24.3 Å². The van der Waals surface area contributed by atoms with Crippen LogP contribution in [-0.2, 0) is 21.2 Å². The van der Waals surface area contributed by atoms with Crippen molar-refractivity contribution in [2.24, 2.45) is 5.92 Å². The first-order chi connectivity index (χ1) is 15.4. The molecule has 0 radical (unpaired) electrons. The average Bonchev–Trinajstić information content (AvgIpc) is 3.63. The van der Waals surface area contributed by atoms with Crippen molar-refractivity contribution in [3.63, 3.8) is 0 Å². The van der Waals surface area contributed by atoms with E-state index in [1.165, 1.54) is 0 Å². The predicted molar refractivity (Wildman–Crippen MR) is 122 cm³/mol. The minimum Gasteiger partial charge on any atom is -0.324 e. The predicted octanol–water partition coefficient (Wildman–Crippen LogP) is 3.09. The number of amides is 1. The van der Waals surface area contributed by atoms with Crippen LogP contribution in [0.15, 0.2) is 59.6 Å². The zero-order valence-corrected chi connectivity index (χ0v) is 18.4. The standard InChI is InChI=1S/C23H23N5O3S/c1-28-20-5-3-2-4-19(20)22-16(12-21(28)29)14-24-23(27-22)26-17-8-10-18(11-9-17)32(30,31)25-13-15-6-7-15/h2-5,8-11,14-15,25H,6-7,12-13H2,1H3,(H,24,26,27). The summed E-state index contributed by atoms with van der Waals surface area (Å²) in [5.74, 6) is 0.821. The van der Waals surface area contributed by atoms with Crippen LogP contribution >= 0.6 is 0 Å². The molecule has 1 aromatic heterocycles. The van der Waals surface area contributed by atoms with Crippen LogP contribution in [-0.4, -0.2) is 37.9 Å². The van der Waals surface area contributed by atoms with Gasteiger partial charge in [0.2, 0.25) is 21.9 Å². The Hall–Kier alpha value is -3.30. The smallest absolute Gasteiger partial charge is 0.240 e. The molecule has 0 unspecified atom stereocenters. The third-order valence-corrected chi connectivity index (χ3v) is 7.22. The largest absolute Gasteiger partial charge is 0.324 e. The number of carbonyl (C=O) groups excluding carboxylic acids is 1. The van der Waals surface area contributed by atoms with Crippen LogP contribution in [0, 0.1) is 5.92 Å². The first kappa shape index (κ1) is 20.6. The number of carbonyl (C=O) groups is 1. The van der Waals surface area contributed by atoms with E-state index in [9.17, 15) is 13.2 Å². The number of nitrogens with zero attached hydrogens (tertiary/aromatic N) is 3. The molecule has 164 valence electrons. The highest BCUT2D eigenvalue weighted by atomic mass is 32.2. The monoisotopic (exact) mass is 449 g/mol. The number of aromatic nitrogens is 2. The molecule has 8 nitrogen and oxygen atoms in total. The van der Waals surface area contributed by atoms with Gasteiger partial charge in [0.1, 0.15) is 0 Å². The first-order valence-electron chi connectivity index (χ1n) is 10.5. The normalized spacial score (nSPS) is 15.7. The Balaban J connectivity index is 1.39. The van der Waals surface area contributed by atoms with E-state index in [1.54, 1.807) is 42.4 Å². The summed E-state index contributed by atoms with van der Waals surface area (Å²) in [6.45, 7) is 0.491. The van der Waals surface area contributed by atoms with E-state index in [2.05, 4.69) is 20.0 Å². The number of rotatable bonds is 6. The molecule has 2 aliphatic rings. The van der Waals surface area contributed by atoms with E-state index in [0.29, 0.717) is 29.8 Å². The number of nitrogens with one attached hydrogen (secondary N) is 2. The number of fused-ring (bicyclic) bond motifs is 3. The highest BCUT2D eigenvalue weighted by molar-refractivity contribution is 7.89. The molecule has 0 atom stereocenters. The lowest BCUT2D eigenvalue weighted by atomic mass is 10.1. The molecule has 0 bridgehead atoms. The van der Waals surface area contributed by atoms with Gasteiger partial charge in [-0.3, -0.25) is 4.79 Å². The Bertz CT molecular complexity index is 1290. The summed E-state index contributed by atoms with van der Waals surface area (Å²) < 4.78 is 27.5. The van der Waals surface area contributed by atoms with Crippen LogP contribution in [0.2, 0.25) is 0 Å². The van der Waals surface area contributed by atoms with E-state index in [0.717, 1.165) is 29.7 Å². The fourth-order valence-electron chi connectivity index (χ4n) is 3.69. The fraction of sp³-hybridized carbons (Fsp3) is 0.261. The van der Waals surface area contributed by atoms with Crippen LogP contribution in [0.3, 0.4) is 0 Å². The Morgan fingerprint density at radius 3 is 2.59 bits per heavy atom. The lowest BCUT2D eigenvalue weighted by Crippen LogP contribution is -2.26. The summed E-state index contributed by atoms with van der Waals surface area (Å²) in [5, 5.41) is 3.13. The zero-order chi connectivity index (χ0) is 22.3. The van der Waals surface area contributed by atoms with Gasteiger partial charge in [0.15, 0.2) is 0 Å². The van der Waals surface area contributed by atoms with Gasteiger partial charge in [-0.15, -0.1) is 0 Å². The third-order valence-electron chi connectivity index (χ3n) is 5.78. The molecule has 9 heteroatoms. The molecular weight excluding hydrogens is 426 g/mol. The Morgan fingerprint density at radius 2 is 1.84 bits per heavy atom. The van der Waals surface area contributed by atoms with Gasteiger partial charge in [-0.2, -0.15) is 0 Å². The number of likely N-dealkylation sites (N-methyl/N-ethyl adjacent to an activating group) is 1. The number of para-hydroxylation sites is 1. The molecule has 3 aromatic rings. The van der Waals surface area contributed by atoms with Crippen LogP contribution < -0.4 is 14.9 Å². The van der Waals surface area contributed by atoms with Gasteiger partial charge in [0.25, 0.3) is 0 Å². The zero-order valence-electron chi connectivity index (χ0n) is 17.6. The summed E-state index contributed by atoms with van der Waals surface area (Å²) in [6.07, 6.45) is 4.06. The number of hydrogen-bond donors (Lipinski definition) is 2. The molecule has 5 rings (SSSR count). The van der Waals surface area contributed by atoms with Gasteiger partial charge in [0, 0.05) is 36.6 Å². The van der Waals surface area contributed by atoms with Crippen molar-refractivity contribution in [2.75, 3.05) is 23.8 Å². The van der Waals surface area contributed by atoms with Gasteiger partial charge >= 0.3 is 0 Å². The van der Waals surface area contributed by atoms with Gasteiger partial charge < -0.3 is 10.2 Å². The maximum Gasteiger partial charge on any atom is 0.240 e. The maximum absolute atomic E-state index is 12.5. The molecule has 0 spiro atoms. The molecule has 32 heavy (non-hydrogen) atoms. The number of hydrogen-bond acceptors (Lipinski definition) is 6. The van der Waals surface area contributed by atoms with Crippen molar-refractivity contribution in [3.8, 4) is 11.3 Å². The lowest BCUT2D eigenvalue weighted by molar-refractivity contribution is -0.117. The van der Waals surface area contributed by atoms with Crippen LogP contribution in [0.25, 0.3) is 11.3 Å². The first-order valence-corrected chi connectivity index (χ1v) is 12.0. The van der Waals surface area contributed by atoms with Crippen molar-refractivity contribution in [1.82, 2.24) is 14.7 Å². The van der Waals surface area contributed by atoms with E-state index >= 15 is 0 Å². The van der Waals surface area contributed by atoms with E-state index < -0.39 is 10.0 Å². The Labute approximate surface area is 186 Å². The molecule has 2 N–H and O–H groups in total. The average molecular weight is 450 g/mol. The summed E-state index contributed by atoms with van der Waals surface area (Å²) in [5.41, 5.74) is 3.81. The fourth-order valence-corrected chi connectivity index (χ4v) is 4.81. The second-order valence-electron chi connectivity index (χ2n) is 8.16. The molecule has 2 heterocycles. The number of benzene rings is 2. The van der Waals surface area contributed by atoms with Crippen molar-refractivity contribution in [3.05, 3.63) is 60.3 Å². The SMILES string of the molecule is CN1C(=O)Cc2cnc(Nc3ccc(S(=O)(=O)NCC4CC4)cc3)nc2-c2ccccc21. The Kier molecular flexibility index (Phi) is 5.15. The van der Waals surface area contributed by atoms with E-state index in [-0.39, 0.29) is 17.2 Å². The highest BCUT2D eigenvalue weighted by Gasteiger charge is 2.25. The second-order valence-corrected chi connectivity index (χ2v) is 9.93. The van der Waals surface area contributed by atoms with Crippen LogP contribution in [0.4, 0.5) is 17.3 Å². The minimum atomic E-state index is -3.51. The molecule has 1 fully saturated rings.